The van der Waals surface area contributed by atoms with Crippen LogP contribution in [0.1, 0.15) is 51.4 Å². The molecule has 0 spiro atoms. The van der Waals surface area contributed by atoms with Gasteiger partial charge in [-0.25, -0.2) is 8.42 Å². The van der Waals surface area contributed by atoms with Gasteiger partial charge in [-0.05, 0) is 111 Å². The van der Waals surface area contributed by atoms with Gasteiger partial charge in [0.05, 0.1) is 16.7 Å². The van der Waals surface area contributed by atoms with E-state index in [2.05, 4.69) is 4.90 Å². The molecule has 1 N–H and O–H groups in total. The lowest BCUT2D eigenvalue weighted by atomic mass is 9.48. The fourth-order valence-electron chi connectivity index (χ4n) is 8.76. The van der Waals surface area contributed by atoms with Crippen molar-refractivity contribution >= 4 is 26.5 Å². The van der Waals surface area contributed by atoms with Crippen molar-refractivity contribution in [2.24, 2.45) is 29.1 Å². The third-order valence-electron chi connectivity index (χ3n) is 10.0. The van der Waals surface area contributed by atoms with Crippen LogP contribution in [-0.4, -0.2) is 50.7 Å². The first-order valence-corrected chi connectivity index (χ1v) is 14.8. The van der Waals surface area contributed by atoms with E-state index < -0.39 is 10.0 Å². The van der Waals surface area contributed by atoms with E-state index in [-0.39, 0.29) is 11.5 Å². The number of aliphatic hydroxyl groups excluding tert-OH is 1. The molecule has 0 radical (unpaired) electrons. The predicted octanol–water partition coefficient (Wildman–Crippen LogP) is 4.64. The van der Waals surface area contributed by atoms with Gasteiger partial charge in [-0.15, -0.1) is 0 Å². The number of anilines is 1. The van der Waals surface area contributed by atoms with Crippen molar-refractivity contribution in [2.75, 3.05) is 30.5 Å². The molecule has 6 aliphatic rings. The quantitative estimate of drug-likeness (QED) is 0.677. The molecule has 8 rings (SSSR count). The van der Waals surface area contributed by atoms with Gasteiger partial charge in [0.1, 0.15) is 0 Å². The number of hydrogen-bond donors (Lipinski definition) is 1. The number of nitrogens with zero attached hydrogens (tertiary/aromatic N) is 2. The van der Waals surface area contributed by atoms with E-state index in [1.165, 1.54) is 38.5 Å². The summed E-state index contributed by atoms with van der Waals surface area (Å²) in [5.74, 6) is 2.94. The van der Waals surface area contributed by atoms with Crippen LogP contribution >= 0.6 is 0 Å². The van der Waals surface area contributed by atoms with E-state index in [0.29, 0.717) is 17.4 Å². The lowest BCUT2D eigenvalue weighted by Crippen LogP contribution is -2.55. The summed E-state index contributed by atoms with van der Waals surface area (Å²) >= 11 is 0. The van der Waals surface area contributed by atoms with Crippen LogP contribution in [0.3, 0.4) is 0 Å². The summed E-state index contributed by atoms with van der Waals surface area (Å²) in [6.45, 7) is 3.27. The van der Waals surface area contributed by atoms with Crippen LogP contribution in [0.25, 0.3) is 10.8 Å². The molecule has 34 heavy (non-hydrogen) atoms. The first kappa shape index (κ1) is 21.6. The summed E-state index contributed by atoms with van der Waals surface area (Å²) < 4.78 is 28.3. The molecule has 6 heteroatoms. The Morgan fingerprint density at radius 1 is 0.941 bits per heavy atom. The molecule has 182 valence electrons. The molecule has 2 aromatic rings. The van der Waals surface area contributed by atoms with Gasteiger partial charge in [0.15, 0.2) is 0 Å². The van der Waals surface area contributed by atoms with E-state index in [0.717, 1.165) is 66.7 Å². The Balaban J connectivity index is 1.01. The van der Waals surface area contributed by atoms with Crippen molar-refractivity contribution in [3.05, 3.63) is 36.4 Å². The number of piperidine rings is 1. The normalized spacial score (nSPS) is 35.3. The fraction of sp³-hybridized carbons (Fsp3) is 0.643. The molecule has 4 saturated carbocycles. The Bertz CT molecular complexity index is 1180. The van der Waals surface area contributed by atoms with Crippen molar-refractivity contribution in [3.63, 3.8) is 0 Å². The average Bonchev–Trinajstić information content (AvgIpc) is 3.03. The Morgan fingerprint density at radius 3 is 2.21 bits per heavy atom. The summed E-state index contributed by atoms with van der Waals surface area (Å²) in [4.78, 5) is 2.91. The van der Waals surface area contributed by atoms with Crippen molar-refractivity contribution in [3.8, 4) is 0 Å². The molecule has 0 aromatic heterocycles. The number of aliphatic hydroxyl groups is 1. The monoisotopic (exact) mass is 480 g/mol. The maximum absolute atomic E-state index is 13.3. The lowest BCUT2D eigenvalue weighted by molar-refractivity contribution is -0.127. The van der Waals surface area contributed by atoms with Crippen molar-refractivity contribution in [2.45, 2.75) is 62.4 Å². The Kier molecular flexibility index (Phi) is 4.89. The fourth-order valence-corrected chi connectivity index (χ4v) is 10.6. The summed E-state index contributed by atoms with van der Waals surface area (Å²) in [5, 5.41) is 13.3. The van der Waals surface area contributed by atoms with Gasteiger partial charge in [0, 0.05) is 18.5 Å². The Morgan fingerprint density at radius 2 is 1.56 bits per heavy atom. The van der Waals surface area contributed by atoms with Crippen molar-refractivity contribution in [1.29, 1.82) is 0 Å². The average molecular weight is 481 g/mol. The van der Waals surface area contributed by atoms with E-state index >= 15 is 0 Å². The van der Waals surface area contributed by atoms with Crippen LogP contribution in [0.15, 0.2) is 41.3 Å². The van der Waals surface area contributed by atoms with Crippen molar-refractivity contribution in [1.82, 2.24) is 4.90 Å². The Labute approximate surface area is 203 Å². The largest absolute Gasteiger partial charge is 0.391 e. The minimum atomic E-state index is -3.48. The number of hydrogen-bond acceptors (Lipinski definition) is 4. The summed E-state index contributed by atoms with van der Waals surface area (Å²) in [6.07, 6.45) is 9.75. The Hall–Kier alpha value is -1.63. The molecule has 5 nitrogen and oxygen atoms in total. The smallest absolute Gasteiger partial charge is 0.265 e. The highest BCUT2D eigenvalue weighted by atomic mass is 32.2. The summed E-state index contributed by atoms with van der Waals surface area (Å²) in [6, 6.07) is 11.5. The highest BCUT2D eigenvalue weighted by molar-refractivity contribution is 7.93. The zero-order valence-electron chi connectivity index (χ0n) is 19.9. The highest BCUT2D eigenvalue weighted by Gasteiger charge is 2.54. The van der Waals surface area contributed by atoms with Gasteiger partial charge in [0.2, 0.25) is 0 Å². The molecular weight excluding hydrogens is 444 g/mol. The molecular formula is C28H36N2O3S. The number of rotatable bonds is 5. The van der Waals surface area contributed by atoms with E-state index in [9.17, 15) is 13.5 Å². The summed E-state index contributed by atoms with van der Waals surface area (Å²) in [7, 11) is -3.48. The SMILES string of the molecule is O=S1(=O)c2cccc3cccc(c23)N1CC1CCN(CC(O)C23CC4CC(CC(C4)C2)C3)CC1. The van der Waals surface area contributed by atoms with Gasteiger partial charge in [-0.2, -0.15) is 0 Å². The first-order valence-electron chi connectivity index (χ1n) is 13.4. The molecule has 4 aliphatic carbocycles. The molecule has 2 heterocycles. The molecule has 1 atom stereocenters. The zero-order valence-corrected chi connectivity index (χ0v) is 20.7. The van der Waals surface area contributed by atoms with Gasteiger partial charge in [-0.1, -0.05) is 24.3 Å². The third-order valence-corrected chi connectivity index (χ3v) is 11.9. The van der Waals surface area contributed by atoms with Gasteiger partial charge in [-0.3, -0.25) is 4.31 Å². The second kappa shape index (κ2) is 7.68. The minimum absolute atomic E-state index is 0.180. The molecule has 0 amide bonds. The van der Waals surface area contributed by atoms with E-state index in [1.807, 2.05) is 30.3 Å². The van der Waals surface area contributed by atoms with Gasteiger partial charge >= 0.3 is 0 Å². The second-order valence-electron chi connectivity index (χ2n) is 12.2. The predicted molar refractivity (Wildman–Crippen MR) is 134 cm³/mol. The van der Waals surface area contributed by atoms with Crippen LogP contribution in [0.2, 0.25) is 0 Å². The lowest BCUT2D eigenvalue weighted by Gasteiger charge is -2.59. The molecule has 1 saturated heterocycles. The van der Waals surface area contributed by atoms with Crippen LogP contribution < -0.4 is 4.31 Å². The topological polar surface area (TPSA) is 60.9 Å². The number of benzene rings is 2. The van der Waals surface area contributed by atoms with Crippen LogP contribution in [0.5, 0.6) is 0 Å². The van der Waals surface area contributed by atoms with Crippen LogP contribution in [0.4, 0.5) is 5.69 Å². The maximum atomic E-state index is 13.3. The van der Waals surface area contributed by atoms with Crippen molar-refractivity contribution < 1.29 is 13.5 Å². The van der Waals surface area contributed by atoms with Gasteiger partial charge < -0.3 is 10.0 Å². The molecule has 5 fully saturated rings. The van der Waals surface area contributed by atoms with E-state index in [1.54, 1.807) is 10.4 Å². The van der Waals surface area contributed by atoms with E-state index in [4.69, 9.17) is 0 Å². The standard InChI is InChI=1S/C28H36N2O3S/c31-26(28-14-20-11-21(15-28)13-22(12-20)16-28)18-29-9-7-19(8-10-29)17-30-24-5-1-3-23-4-2-6-25(27(23)24)34(30,32)33/h1-6,19-22,26,31H,7-18H2. The molecule has 2 aromatic carbocycles. The zero-order chi connectivity index (χ0) is 23.1. The number of β-amino-alcohol motifs (C(OH)–C–C–N with tert-alkyl or cyclic N) is 1. The highest BCUT2D eigenvalue weighted by Crippen LogP contribution is 2.61. The minimum Gasteiger partial charge on any atom is -0.391 e. The number of sulfonamides is 1. The van der Waals surface area contributed by atoms with Crippen LogP contribution in [0, 0.1) is 29.1 Å². The van der Waals surface area contributed by atoms with Crippen LogP contribution in [-0.2, 0) is 10.0 Å². The first-order chi connectivity index (χ1) is 16.4. The maximum Gasteiger partial charge on any atom is 0.265 e. The number of likely N-dealkylation sites (tertiary alicyclic amines) is 1. The third kappa shape index (κ3) is 3.28. The molecule has 1 unspecified atom stereocenters. The van der Waals surface area contributed by atoms with Gasteiger partial charge in [0.25, 0.3) is 10.0 Å². The molecule has 2 aliphatic heterocycles. The second-order valence-corrected chi connectivity index (χ2v) is 14.0. The molecule has 4 bridgehead atoms. The summed E-state index contributed by atoms with van der Waals surface area (Å²) in [5.41, 5.74) is 1.02.